The molecular formula is C18H31N3O. The van der Waals surface area contributed by atoms with Crippen molar-refractivity contribution in [1.82, 2.24) is 5.32 Å². The maximum atomic E-state index is 11.8. The lowest BCUT2D eigenvalue weighted by molar-refractivity contribution is -0.119. The van der Waals surface area contributed by atoms with Gasteiger partial charge in [0.2, 0.25) is 5.91 Å². The lowest BCUT2D eigenvalue weighted by Gasteiger charge is -2.22. The van der Waals surface area contributed by atoms with E-state index in [-0.39, 0.29) is 5.91 Å². The molecule has 22 heavy (non-hydrogen) atoms. The van der Waals surface area contributed by atoms with E-state index >= 15 is 0 Å². The number of carbonyl (C=O) groups excluding carboxylic acids is 1. The van der Waals surface area contributed by atoms with Crippen LogP contribution in [0, 0.1) is 6.92 Å². The standard InChI is InChI=1S/C18H31N3O/c1-5-8-9-12-19-18(22)14-20-17-11-10-16(13-15(17)4)21(6-2)7-3/h10-11,13,20H,5-9,12,14H2,1-4H3,(H,19,22). The smallest absolute Gasteiger partial charge is 0.239 e. The van der Waals surface area contributed by atoms with E-state index in [1.807, 2.05) is 0 Å². The highest BCUT2D eigenvalue weighted by Crippen LogP contribution is 2.22. The summed E-state index contributed by atoms with van der Waals surface area (Å²) in [4.78, 5) is 14.1. The van der Waals surface area contributed by atoms with Crippen LogP contribution in [0.2, 0.25) is 0 Å². The summed E-state index contributed by atoms with van der Waals surface area (Å²) in [6.07, 6.45) is 3.39. The average molecular weight is 305 g/mol. The van der Waals surface area contributed by atoms with Gasteiger partial charge in [0, 0.05) is 31.0 Å². The van der Waals surface area contributed by atoms with E-state index in [4.69, 9.17) is 0 Å². The molecule has 2 N–H and O–H groups in total. The summed E-state index contributed by atoms with van der Waals surface area (Å²) in [5.74, 6) is 0.0586. The topological polar surface area (TPSA) is 44.4 Å². The van der Waals surface area contributed by atoms with E-state index in [1.54, 1.807) is 0 Å². The number of unbranched alkanes of at least 4 members (excludes halogenated alkanes) is 2. The molecule has 0 aromatic heterocycles. The predicted molar refractivity (Wildman–Crippen MR) is 95.8 cm³/mol. The molecular weight excluding hydrogens is 274 g/mol. The van der Waals surface area contributed by atoms with Gasteiger partial charge in [-0.05, 0) is 51.0 Å². The second-order valence-electron chi connectivity index (χ2n) is 5.58. The second-order valence-corrected chi connectivity index (χ2v) is 5.58. The van der Waals surface area contributed by atoms with E-state index in [0.29, 0.717) is 6.54 Å². The van der Waals surface area contributed by atoms with Crippen molar-refractivity contribution in [2.45, 2.75) is 47.0 Å². The van der Waals surface area contributed by atoms with Crippen LogP contribution < -0.4 is 15.5 Å². The van der Waals surface area contributed by atoms with Crippen molar-refractivity contribution in [3.8, 4) is 0 Å². The van der Waals surface area contributed by atoms with Crippen molar-refractivity contribution >= 4 is 17.3 Å². The first-order valence-electron chi connectivity index (χ1n) is 8.48. The third-order valence-corrected chi connectivity index (χ3v) is 3.88. The number of anilines is 2. The molecule has 0 aliphatic heterocycles. The van der Waals surface area contributed by atoms with Gasteiger partial charge in [-0.3, -0.25) is 4.79 Å². The minimum absolute atomic E-state index is 0.0586. The zero-order valence-corrected chi connectivity index (χ0v) is 14.5. The molecule has 0 heterocycles. The first-order chi connectivity index (χ1) is 10.6. The number of aryl methyl sites for hydroxylation is 1. The predicted octanol–water partition coefficient (Wildman–Crippen LogP) is 3.56. The second kappa shape index (κ2) is 10.1. The van der Waals surface area contributed by atoms with Gasteiger partial charge in [0.1, 0.15) is 0 Å². The summed E-state index contributed by atoms with van der Waals surface area (Å²) in [6, 6.07) is 6.35. The number of nitrogens with zero attached hydrogens (tertiary/aromatic N) is 1. The van der Waals surface area contributed by atoms with Crippen LogP contribution in [0.25, 0.3) is 0 Å². The highest BCUT2D eigenvalue weighted by Gasteiger charge is 2.06. The van der Waals surface area contributed by atoms with Crippen molar-refractivity contribution in [1.29, 1.82) is 0 Å². The molecule has 4 heteroatoms. The molecule has 1 aromatic rings. The first kappa shape index (κ1) is 18.3. The van der Waals surface area contributed by atoms with Gasteiger partial charge in [-0.2, -0.15) is 0 Å². The summed E-state index contributed by atoms with van der Waals surface area (Å²) in [6.45, 7) is 11.7. The SMILES string of the molecule is CCCCCNC(=O)CNc1ccc(N(CC)CC)cc1C. The molecule has 0 saturated carbocycles. The van der Waals surface area contributed by atoms with Gasteiger partial charge in [-0.25, -0.2) is 0 Å². The first-order valence-corrected chi connectivity index (χ1v) is 8.48. The molecule has 0 aliphatic carbocycles. The fourth-order valence-corrected chi connectivity index (χ4v) is 2.47. The Morgan fingerprint density at radius 3 is 2.45 bits per heavy atom. The number of rotatable bonds is 10. The number of nitrogens with one attached hydrogen (secondary N) is 2. The van der Waals surface area contributed by atoms with Crippen molar-refractivity contribution in [3.63, 3.8) is 0 Å². The number of amides is 1. The molecule has 0 spiro atoms. The third kappa shape index (κ3) is 5.96. The van der Waals surface area contributed by atoms with Crippen molar-refractivity contribution < 1.29 is 4.79 Å². The quantitative estimate of drug-likeness (QED) is 0.650. The van der Waals surface area contributed by atoms with Crippen molar-refractivity contribution in [3.05, 3.63) is 23.8 Å². The molecule has 4 nitrogen and oxygen atoms in total. The molecule has 0 radical (unpaired) electrons. The highest BCUT2D eigenvalue weighted by molar-refractivity contribution is 5.81. The molecule has 124 valence electrons. The maximum Gasteiger partial charge on any atom is 0.239 e. The van der Waals surface area contributed by atoms with Crippen molar-refractivity contribution in [2.75, 3.05) is 36.4 Å². The largest absolute Gasteiger partial charge is 0.376 e. The Balaban J connectivity index is 2.47. The summed E-state index contributed by atoms with van der Waals surface area (Å²) < 4.78 is 0. The van der Waals surface area contributed by atoms with Crippen LogP contribution in [0.3, 0.4) is 0 Å². The number of hydrogen-bond donors (Lipinski definition) is 2. The van der Waals surface area contributed by atoms with E-state index in [2.05, 4.69) is 61.4 Å². The fourth-order valence-electron chi connectivity index (χ4n) is 2.47. The lowest BCUT2D eigenvalue weighted by atomic mass is 10.1. The molecule has 0 fully saturated rings. The van der Waals surface area contributed by atoms with Gasteiger partial charge in [-0.1, -0.05) is 19.8 Å². The summed E-state index contributed by atoms with van der Waals surface area (Å²) >= 11 is 0. The Hall–Kier alpha value is -1.71. The van der Waals surface area contributed by atoms with Crippen LogP contribution in [-0.4, -0.2) is 32.1 Å². The van der Waals surface area contributed by atoms with E-state index in [9.17, 15) is 4.79 Å². The molecule has 1 rings (SSSR count). The van der Waals surface area contributed by atoms with Gasteiger partial charge in [0.05, 0.1) is 6.54 Å². The normalized spacial score (nSPS) is 10.4. The summed E-state index contributed by atoms with van der Waals surface area (Å²) in [5, 5.41) is 6.17. The van der Waals surface area contributed by atoms with Crippen LogP contribution in [0.15, 0.2) is 18.2 Å². The van der Waals surface area contributed by atoms with Gasteiger partial charge in [0.15, 0.2) is 0 Å². The van der Waals surface area contributed by atoms with Crippen LogP contribution in [0.4, 0.5) is 11.4 Å². The van der Waals surface area contributed by atoms with Gasteiger partial charge in [-0.15, -0.1) is 0 Å². The van der Waals surface area contributed by atoms with Gasteiger partial charge in [0.25, 0.3) is 0 Å². The van der Waals surface area contributed by atoms with Crippen molar-refractivity contribution in [2.24, 2.45) is 0 Å². The van der Waals surface area contributed by atoms with Crippen LogP contribution in [-0.2, 0) is 4.79 Å². The molecule has 0 bridgehead atoms. The average Bonchev–Trinajstić information content (AvgIpc) is 2.52. The Morgan fingerprint density at radius 1 is 1.14 bits per heavy atom. The zero-order chi connectivity index (χ0) is 16.4. The molecule has 0 unspecified atom stereocenters. The minimum atomic E-state index is 0.0586. The molecule has 1 aromatic carbocycles. The summed E-state index contributed by atoms with van der Waals surface area (Å²) in [5.41, 5.74) is 3.43. The van der Waals surface area contributed by atoms with E-state index in [0.717, 1.165) is 31.7 Å². The minimum Gasteiger partial charge on any atom is -0.376 e. The highest BCUT2D eigenvalue weighted by atomic mass is 16.1. The molecule has 1 amide bonds. The molecule has 0 saturated heterocycles. The zero-order valence-electron chi connectivity index (χ0n) is 14.5. The Kier molecular flexibility index (Phi) is 8.41. The van der Waals surface area contributed by atoms with E-state index in [1.165, 1.54) is 24.1 Å². The monoisotopic (exact) mass is 305 g/mol. The van der Waals surface area contributed by atoms with Gasteiger partial charge < -0.3 is 15.5 Å². The summed E-state index contributed by atoms with van der Waals surface area (Å²) in [7, 11) is 0. The lowest BCUT2D eigenvalue weighted by Crippen LogP contribution is -2.30. The Morgan fingerprint density at radius 2 is 1.86 bits per heavy atom. The fraction of sp³-hybridized carbons (Fsp3) is 0.611. The molecule has 0 aliphatic rings. The van der Waals surface area contributed by atoms with Crippen LogP contribution >= 0.6 is 0 Å². The van der Waals surface area contributed by atoms with E-state index < -0.39 is 0 Å². The number of hydrogen-bond acceptors (Lipinski definition) is 3. The van der Waals surface area contributed by atoms with Crippen LogP contribution in [0.1, 0.15) is 45.6 Å². The Bertz CT molecular complexity index is 456. The Labute approximate surface area is 135 Å². The van der Waals surface area contributed by atoms with Crippen LogP contribution in [0.5, 0.6) is 0 Å². The number of benzene rings is 1. The third-order valence-electron chi connectivity index (χ3n) is 3.88. The van der Waals surface area contributed by atoms with Gasteiger partial charge >= 0.3 is 0 Å². The number of carbonyl (C=O) groups is 1. The maximum absolute atomic E-state index is 11.8. The molecule has 0 atom stereocenters.